The van der Waals surface area contributed by atoms with Crippen LogP contribution in [0.15, 0.2) is 58.4 Å². The molecule has 0 N–H and O–H groups in total. The summed E-state index contributed by atoms with van der Waals surface area (Å²) in [5, 5.41) is 0.726. The predicted octanol–water partition coefficient (Wildman–Crippen LogP) is 6.43. The zero-order chi connectivity index (χ0) is 26.8. The van der Waals surface area contributed by atoms with Crippen LogP contribution >= 0.6 is 11.8 Å². The number of hydrogen-bond donors (Lipinski definition) is 0. The number of aliphatic imine (C=N–C) groups is 1. The van der Waals surface area contributed by atoms with Gasteiger partial charge in [-0.3, -0.25) is 9.69 Å². The zero-order valence-corrected chi connectivity index (χ0v) is 23.8. The van der Waals surface area contributed by atoms with Gasteiger partial charge in [-0.1, -0.05) is 25.1 Å². The van der Waals surface area contributed by atoms with E-state index >= 15 is 0 Å². The molecule has 1 aromatic heterocycles. The fourth-order valence-electron chi connectivity index (χ4n) is 5.28. The van der Waals surface area contributed by atoms with Gasteiger partial charge in [0.1, 0.15) is 0 Å². The summed E-state index contributed by atoms with van der Waals surface area (Å²) in [6.07, 6.45) is 3.00. The van der Waals surface area contributed by atoms with E-state index in [1.165, 1.54) is 34.3 Å². The molecule has 7 heteroatoms. The maximum atomic E-state index is 13.4. The Hall–Kier alpha value is -3.29. The molecule has 2 fully saturated rings. The van der Waals surface area contributed by atoms with Crippen molar-refractivity contribution in [3.05, 3.63) is 81.5 Å². The molecule has 0 unspecified atom stereocenters. The Balaban J connectivity index is 1.43. The lowest BCUT2D eigenvalue weighted by atomic mass is 10.1. The molecular formula is C31H36N4O2S. The largest absolute Gasteiger partial charge is 0.378 e. The molecule has 198 valence electrons. The molecular weight excluding hydrogens is 492 g/mol. The third-order valence-corrected chi connectivity index (χ3v) is 8.34. The van der Waals surface area contributed by atoms with Crippen molar-refractivity contribution in [2.75, 3.05) is 37.7 Å². The second kappa shape index (κ2) is 11.2. The van der Waals surface area contributed by atoms with Gasteiger partial charge in [0.2, 0.25) is 0 Å². The second-order valence-corrected chi connectivity index (χ2v) is 10.8. The van der Waals surface area contributed by atoms with E-state index in [9.17, 15) is 4.79 Å². The number of benzene rings is 2. The van der Waals surface area contributed by atoms with Gasteiger partial charge >= 0.3 is 0 Å². The topological polar surface area (TPSA) is 50.1 Å². The molecule has 5 rings (SSSR count). The van der Waals surface area contributed by atoms with Crippen molar-refractivity contribution in [1.82, 2.24) is 9.47 Å². The highest BCUT2D eigenvalue weighted by molar-refractivity contribution is 8.18. The molecule has 0 bridgehead atoms. The number of ether oxygens (including phenoxy) is 1. The molecule has 2 aromatic carbocycles. The van der Waals surface area contributed by atoms with Crippen molar-refractivity contribution in [2.24, 2.45) is 4.99 Å². The first kappa shape index (κ1) is 26.3. The first-order valence-electron chi connectivity index (χ1n) is 13.4. The lowest BCUT2D eigenvalue weighted by Gasteiger charge is -2.28. The SMILES string of the molecule is CCc1cccc(C)c1-n1c(C)cc(/C=C2\SC(=Nc3ccc(N4CCOCC4)cc3)N(CC)C2=O)c1C. The number of amidine groups is 1. The number of aryl methyl sites for hydroxylation is 3. The summed E-state index contributed by atoms with van der Waals surface area (Å²) < 4.78 is 7.79. The highest BCUT2D eigenvalue weighted by Gasteiger charge is 2.32. The van der Waals surface area contributed by atoms with Gasteiger partial charge < -0.3 is 14.2 Å². The number of carbonyl (C=O) groups excluding carboxylic acids is 1. The number of rotatable bonds is 6. The Morgan fingerprint density at radius 2 is 1.76 bits per heavy atom. The van der Waals surface area contributed by atoms with Crippen molar-refractivity contribution in [2.45, 2.75) is 41.0 Å². The van der Waals surface area contributed by atoms with E-state index in [0.29, 0.717) is 11.4 Å². The molecule has 0 radical (unpaired) electrons. The third-order valence-electron chi connectivity index (χ3n) is 7.34. The third kappa shape index (κ3) is 5.05. The number of aromatic nitrogens is 1. The second-order valence-electron chi connectivity index (χ2n) is 9.77. The van der Waals surface area contributed by atoms with Crippen molar-refractivity contribution < 1.29 is 9.53 Å². The summed E-state index contributed by atoms with van der Waals surface area (Å²) >= 11 is 1.46. The molecule has 0 atom stereocenters. The quantitative estimate of drug-likeness (QED) is 0.346. The Morgan fingerprint density at radius 3 is 2.45 bits per heavy atom. The van der Waals surface area contributed by atoms with Gasteiger partial charge in [0.25, 0.3) is 5.91 Å². The van der Waals surface area contributed by atoms with Crippen LogP contribution in [-0.2, 0) is 16.0 Å². The molecule has 3 aromatic rings. The maximum absolute atomic E-state index is 13.4. The summed E-state index contributed by atoms with van der Waals surface area (Å²) in [6.45, 7) is 14.5. The molecule has 6 nitrogen and oxygen atoms in total. The number of morpholine rings is 1. The fraction of sp³-hybridized carbons (Fsp3) is 0.355. The number of nitrogens with zero attached hydrogens (tertiary/aromatic N) is 4. The number of anilines is 1. The number of para-hydroxylation sites is 1. The van der Waals surface area contributed by atoms with Crippen LogP contribution in [0.1, 0.15) is 41.9 Å². The molecule has 1 amide bonds. The Labute approximate surface area is 230 Å². The minimum absolute atomic E-state index is 0.0103. The smallest absolute Gasteiger partial charge is 0.266 e. The van der Waals surface area contributed by atoms with Gasteiger partial charge in [-0.2, -0.15) is 0 Å². The van der Waals surface area contributed by atoms with E-state index in [2.05, 4.69) is 73.6 Å². The number of thioether (sulfide) groups is 1. The average molecular weight is 529 g/mol. The Morgan fingerprint density at radius 1 is 1.03 bits per heavy atom. The molecule has 2 aliphatic heterocycles. The molecule has 0 spiro atoms. The van der Waals surface area contributed by atoms with Gasteiger partial charge in [-0.05, 0) is 99.0 Å². The number of likely N-dealkylation sites (N-methyl/N-ethyl adjacent to an activating group) is 1. The number of carbonyl (C=O) groups is 1. The van der Waals surface area contributed by atoms with E-state index in [1.807, 2.05) is 25.1 Å². The van der Waals surface area contributed by atoms with Gasteiger partial charge in [0.15, 0.2) is 5.17 Å². The van der Waals surface area contributed by atoms with E-state index in [-0.39, 0.29) is 5.91 Å². The van der Waals surface area contributed by atoms with Crippen LogP contribution in [0, 0.1) is 20.8 Å². The van der Waals surface area contributed by atoms with Gasteiger partial charge in [-0.25, -0.2) is 4.99 Å². The summed E-state index contributed by atoms with van der Waals surface area (Å²) in [4.78, 5) is 23.0. The van der Waals surface area contributed by atoms with Crippen molar-refractivity contribution in [3.63, 3.8) is 0 Å². The average Bonchev–Trinajstić information content (AvgIpc) is 3.38. The number of amides is 1. The molecule has 2 aliphatic rings. The van der Waals surface area contributed by atoms with E-state index in [4.69, 9.17) is 9.73 Å². The minimum atomic E-state index is 0.0103. The molecule has 2 saturated heterocycles. The van der Waals surface area contributed by atoms with Crippen molar-refractivity contribution in [1.29, 1.82) is 0 Å². The van der Waals surface area contributed by atoms with Crippen LogP contribution < -0.4 is 4.90 Å². The van der Waals surface area contributed by atoms with Crippen molar-refractivity contribution >= 4 is 40.3 Å². The monoisotopic (exact) mass is 528 g/mol. The van der Waals surface area contributed by atoms with Crippen LogP contribution in [0.4, 0.5) is 11.4 Å². The summed E-state index contributed by atoms with van der Waals surface area (Å²) in [5.41, 5.74) is 9.22. The van der Waals surface area contributed by atoms with Crippen LogP contribution in [0.5, 0.6) is 0 Å². The lowest BCUT2D eigenvalue weighted by molar-refractivity contribution is -0.122. The van der Waals surface area contributed by atoms with Crippen LogP contribution in [0.25, 0.3) is 11.8 Å². The van der Waals surface area contributed by atoms with Crippen LogP contribution in [-0.4, -0.2) is 53.4 Å². The normalized spacial score (nSPS) is 18.3. The molecule has 38 heavy (non-hydrogen) atoms. The van der Waals surface area contributed by atoms with Gasteiger partial charge in [0.05, 0.1) is 29.5 Å². The number of hydrogen-bond acceptors (Lipinski definition) is 5. The summed E-state index contributed by atoms with van der Waals surface area (Å²) in [6, 6.07) is 16.9. The van der Waals surface area contributed by atoms with E-state index in [1.54, 1.807) is 4.90 Å². The predicted molar refractivity (Wildman–Crippen MR) is 159 cm³/mol. The van der Waals surface area contributed by atoms with Crippen LogP contribution in [0.3, 0.4) is 0 Å². The Bertz CT molecular complexity index is 1400. The summed E-state index contributed by atoms with van der Waals surface area (Å²) in [7, 11) is 0. The van der Waals surface area contributed by atoms with Gasteiger partial charge in [0, 0.05) is 36.7 Å². The molecule has 3 heterocycles. The zero-order valence-electron chi connectivity index (χ0n) is 23.0. The first-order valence-corrected chi connectivity index (χ1v) is 14.2. The minimum Gasteiger partial charge on any atom is -0.378 e. The summed E-state index contributed by atoms with van der Waals surface area (Å²) in [5.74, 6) is 0.0103. The van der Waals surface area contributed by atoms with Crippen molar-refractivity contribution in [3.8, 4) is 5.69 Å². The highest BCUT2D eigenvalue weighted by atomic mass is 32.2. The van der Waals surface area contributed by atoms with Crippen LogP contribution in [0.2, 0.25) is 0 Å². The molecule has 0 saturated carbocycles. The standard InChI is InChI=1S/C31H36N4O2S/c1-6-24-10-8-9-21(3)29(24)35-22(4)19-25(23(35)5)20-28-30(36)34(7-2)31(38-28)32-26-11-13-27(14-12-26)33-15-17-37-18-16-33/h8-14,19-20H,6-7,15-18H2,1-5H3/b28-20-,32-31?. The molecule has 0 aliphatic carbocycles. The van der Waals surface area contributed by atoms with Gasteiger partial charge in [-0.15, -0.1) is 0 Å². The van der Waals surface area contributed by atoms with E-state index in [0.717, 1.165) is 60.5 Å². The van der Waals surface area contributed by atoms with E-state index < -0.39 is 0 Å². The highest BCUT2D eigenvalue weighted by Crippen LogP contribution is 2.36. The fourth-order valence-corrected chi connectivity index (χ4v) is 6.34. The Kier molecular flexibility index (Phi) is 7.77. The maximum Gasteiger partial charge on any atom is 0.266 e. The first-order chi connectivity index (χ1) is 18.4. The lowest BCUT2D eigenvalue weighted by Crippen LogP contribution is -2.36.